The van der Waals surface area contributed by atoms with Gasteiger partial charge in [-0.1, -0.05) is 17.7 Å². The number of hydrogen-bond donors (Lipinski definition) is 0. The average Bonchev–Trinajstić information content (AvgIpc) is 3.04. The van der Waals surface area contributed by atoms with Crippen molar-refractivity contribution in [3.05, 3.63) is 45.6 Å². The Labute approximate surface area is 179 Å². The van der Waals surface area contributed by atoms with E-state index < -0.39 is 0 Å². The minimum atomic E-state index is -0.289. The Morgan fingerprint density at radius 3 is 2.59 bits per heavy atom. The fourth-order valence-electron chi connectivity index (χ4n) is 3.69. The van der Waals surface area contributed by atoms with Gasteiger partial charge in [0.2, 0.25) is 0 Å². The highest BCUT2D eigenvalue weighted by atomic mass is 35.5. The van der Waals surface area contributed by atoms with Gasteiger partial charge < -0.3 is 14.5 Å². The molecule has 0 atom stereocenters. The van der Waals surface area contributed by atoms with E-state index in [0.29, 0.717) is 17.3 Å². The van der Waals surface area contributed by atoms with Crippen molar-refractivity contribution < 1.29 is 9.53 Å². The third-order valence-electron chi connectivity index (χ3n) is 5.10. The van der Waals surface area contributed by atoms with Crippen LogP contribution in [-0.2, 0) is 4.74 Å². The molecular weight excluding hydrogens is 408 g/mol. The van der Waals surface area contributed by atoms with Crippen LogP contribution in [0.5, 0.6) is 0 Å². The summed E-state index contributed by atoms with van der Waals surface area (Å²) in [6, 6.07) is 7.96. The quantitative estimate of drug-likeness (QED) is 0.569. The number of anilines is 2. The predicted molar refractivity (Wildman–Crippen MR) is 119 cm³/mol. The second-order valence-electron chi connectivity index (χ2n) is 7.01. The van der Waals surface area contributed by atoms with E-state index in [1.807, 2.05) is 39.0 Å². The van der Waals surface area contributed by atoms with Gasteiger partial charge in [-0.3, -0.25) is 0 Å². The molecule has 3 aromatic rings. The third-order valence-corrected chi connectivity index (χ3v) is 6.50. The number of nitrogens with zero attached hydrogens (tertiary/aromatic N) is 4. The number of aryl methyl sites for hydroxylation is 2. The number of thiophene rings is 1. The molecular formula is C21H23ClN4O2S. The highest BCUT2D eigenvalue weighted by molar-refractivity contribution is 7.20. The lowest BCUT2D eigenvalue weighted by Crippen LogP contribution is -2.47. The predicted octanol–water partition coefficient (Wildman–Crippen LogP) is 4.46. The van der Waals surface area contributed by atoms with Crippen LogP contribution in [0, 0.1) is 13.8 Å². The maximum absolute atomic E-state index is 12.3. The molecule has 3 heterocycles. The van der Waals surface area contributed by atoms with Crippen LogP contribution in [0.25, 0.3) is 10.2 Å². The zero-order valence-electron chi connectivity index (χ0n) is 16.7. The average molecular weight is 431 g/mol. The SMILES string of the molecule is CCOC(=O)c1sc2nc(C)nc(N3CCN(c4cccc(Cl)c4)CC3)c2c1C. The molecule has 1 aliphatic rings. The van der Waals surface area contributed by atoms with Gasteiger partial charge in [0.15, 0.2) is 0 Å². The van der Waals surface area contributed by atoms with Crippen molar-refractivity contribution in [3.63, 3.8) is 0 Å². The highest BCUT2D eigenvalue weighted by Gasteiger charge is 2.25. The molecule has 0 N–H and O–H groups in total. The molecule has 0 spiro atoms. The summed E-state index contributed by atoms with van der Waals surface area (Å²) < 4.78 is 5.22. The lowest BCUT2D eigenvalue weighted by atomic mass is 10.1. The summed E-state index contributed by atoms with van der Waals surface area (Å²) in [7, 11) is 0. The molecule has 4 rings (SSSR count). The molecule has 1 fully saturated rings. The molecule has 1 aliphatic heterocycles. The lowest BCUT2D eigenvalue weighted by molar-refractivity contribution is 0.0531. The number of ether oxygens (including phenoxy) is 1. The molecule has 2 aromatic heterocycles. The maximum Gasteiger partial charge on any atom is 0.348 e. The van der Waals surface area contributed by atoms with E-state index in [9.17, 15) is 4.79 Å². The molecule has 0 unspecified atom stereocenters. The number of benzene rings is 1. The Morgan fingerprint density at radius 2 is 1.90 bits per heavy atom. The second-order valence-corrected chi connectivity index (χ2v) is 8.44. The largest absolute Gasteiger partial charge is 0.462 e. The standard InChI is InChI=1S/C21H23ClN4O2S/c1-4-28-21(27)18-13(2)17-19(23-14(3)24-20(17)29-18)26-10-8-25(9-11-26)16-7-5-6-15(22)12-16/h5-7,12H,4,8-11H2,1-3H3. The Kier molecular flexibility index (Phi) is 5.61. The molecule has 1 saturated heterocycles. The number of carbonyl (C=O) groups is 1. The van der Waals surface area contributed by atoms with Gasteiger partial charge >= 0.3 is 5.97 Å². The monoisotopic (exact) mass is 430 g/mol. The number of esters is 1. The molecule has 0 bridgehead atoms. The number of piperazine rings is 1. The van der Waals surface area contributed by atoms with Crippen LogP contribution in [0.2, 0.25) is 5.02 Å². The van der Waals surface area contributed by atoms with Crippen LogP contribution in [0.4, 0.5) is 11.5 Å². The molecule has 1 aromatic carbocycles. The minimum absolute atomic E-state index is 0.289. The Balaban J connectivity index is 1.63. The topological polar surface area (TPSA) is 58.6 Å². The lowest BCUT2D eigenvalue weighted by Gasteiger charge is -2.37. The summed E-state index contributed by atoms with van der Waals surface area (Å²) in [5, 5.41) is 1.71. The first-order chi connectivity index (χ1) is 14.0. The normalized spacial score (nSPS) is 14.5. The molecule has 8 heteroatoms. The van der Waals surface area contributed by atoms with E-state index in [1.54, 1.807) is 0 Å². The summed E-state index contributed by atoms with van der Waals surface area (Å²) in [6.07, 6.45) is 0. The molecule has 0 amide bonds. The number of halogens is 1. The van der Waals surface area contributed by atoms with Gasteiger partial charge in [-0.15, -0.1) is 11.3 Å². The number of aromatic nitrogens is 2. The smallest absolute Gasteiger partial charge is 0.348 e. The van der Waals surface area contributed by atoms with E-state index in [2.05, 4.69) is 20.9 Å². The van der Waals surface area contributed by atoms with Gasteiger partial charge in [-0.2, -0.15) is 0 Å². The molecule has 29 heavy (non-hydrogen) atoms. The third kappa shape index (κ3) is 3.89. The molecule has 6 nitrogen and oxygen atoms in total. The molecule has 0 radical (unpaired) electrons. The number of carbonyl (C=O) groups excluding carboxylic acids is 1. The van der Waals surface area contributed by atoms with Crippen molar-refractivity contribution in [2.75, 3.05) is 42.6 Å². The number of hydrogen-bond acceptors (Lipinski definition) is 7. The first kappa shape index (κ1) is 19.9. The first-order valence-electron chi connectivity index (χ1n) is 9.68. The second kappa shape index (κ2) is 8.16. The van der Waals surface area contributed by atoms with Crippen LogP contribution < -0.4 is 9.80 Å². The summed E-state index contributed by atoms with van der Waals surface area (Å²) in [6.45, 7) is 9.44. The van der Waals surface area contributed by atoms with Crippen LogP contribution in [-0.4, -0.2) is 48.7 Å². The van der Waals surface area contributed by atoms with E-state index in [4.69, 9.17) is 21.3 Å². The van der Waals surface area contributed by atoms with Crippen LogP contribution in [0.15, 0.2) is 24.3 Å². The molecule has 0 aliphatic carbocycles. The summed E-state index contributed by atoms with van der Waals surface area (Å²) in [5.41, 5.74) is 2.04. The van der Waals surface area contributed by atoms with Crippen molar-refractivity contribution in [1.82, 2.24) is 9.97 Å². The Morgan fingerprint density at radius 1 is 1.17 bits per heavy atom. The maximum atomic E-state index is 12.3. The van der Waals surface area contributed by atoms with Crippen molar-refractivity contribution in [2.24, 2.45) is 0 Å². The van der Waals surface area contributed by atoms with Gasteiger partial charge in [0.25, 0.3) is 0 Å². The van der Waals surface area contributed by atoms with Crippen molar-refractivity contribution in [1.29, 1.82) is 0 Å². The van der Waals surface area contributed by atoms with Crippen molar-refractivity contribution >= 4 is 50.6 Å². The highest BCUT2D eigenvalue weighted by Crippen LogP contribution is 2.36. The van der Waals surface area contributed by atoms with Gasteiger partial charge in [-0.25, -0.2) is 14.8 Å². The summed E-state index contributed by atoms with van der Waals surface area (Å²) >= 11 is 7.53. The number of fused-ring (bicyclic) bond motifs is 1. The van der Waals surface area contributed by atoms with Crippen LogP contribution in [0.3, 0.4) is 0 Å². The van der Waals surface area contributed by atoms with E-state index >= 15 is 0 Å². The number of rotatable bonds is 4. The Bertz CT molecular complexity index is 1060. The minimum Gasteiger partial charge on any atom is -0.462 e. The molecule has 0 saturated carbocycles. The summed E-state index contributed by atoms with van der Waals surface area (Å²) in [4.78, 5) is 27.7. The van der Waals surface area contributed by atoms with E-state index in [1.165, 1.54) is 11.3 Å². The fourth-order valence-corrected chi connectivity index (χ4v) is 4.99. The van der Waals surface area contributed by atoms with Crippen molar-refractivity contribution in [2.45, 2.75) is 20.8 Å². The van der Waals surface area contributed by atoms with Crippen molar-refractivity contribution in [3.8, 4) is 0 Å². The van der Waals surface area contributed by atoms with Crippen LogP contribution >= 0.6 is 22.9 Å². The molecule has 152 valence electrons. The van der Waals surface area contributed by atoms with Gasteiger partial charge in [0.1, 0.15) is 21.3 Å². The van der Waals surface area contributed by atoms with Gasteiger partial charge in [0.05, 0.1) is 12.0 Å². The zero-order valence-corrected chi connectivity index (χ0v) is 18.3. The zero-order chi connectivity index (χ0) is 20.5. The Hall–Kier alpha value is -2.38. The summed E-state index contributed by atoms with van der Waals surface area (Å²) in [5.74, 6) is 1.33. The van der Waals surface area contributed by atoms with E-state index in [-0.39, 0.29) is 5.97 Å². The fraction of sp³-hybridized carbons (Fsp3) is 0.381. The first-order valence-corrected chi connectivity index (χ1v) is 10.9. The van der Waals surface area contributed by atoms with Gasteiger partial charge in [-0.05, 0) is 44.5 Å². The van der Waals surface area contributed by atoms with E-state index in [0.717, 1.165) is 58.5 Å². The van der Waals surface area contributed by atoms with Gasteiger partial charge in [0, 0.05) is 36.9 Å². The van der Waals surface area contributed by atoms with Crippen LogP contribution in [0.1, 0.15) is 28.0 Å².